The Morgan fingerprint density at radius 3 is 2.79 bits per heavy atom. The fourth-order valence-electron chi connectivity index (χ4n) is 3.04. The van der Waals surface area contributed by atoms with Crippen LogP contribution in [-0.4, -0.2) is 47.0 Å². The highest BCUT2D eigenvalue weighted by atomic mass is 16.2. The molecule has 126 valence electrons. The molecule has 24 heavy (non-hydrogen) atoms. The number of hydrogen-bond acceptors (Lipinski definition) is 5. The van der Waals surface area contributed by atoms with Gasteiger partial charge in [0, 0.05) is 37.9 Å². The molecular weight excluding hydrogens is 302 g/mol. The van der Waals surface area contributed by atoms with Crippen molar-refractivity contribution in [1.82, 2.24) is 14.9 Å². The van der Waals surface area contributed by atoms with E-state index in [0.29, 0.717) is 24.9 Å². The van der Waals surface area contributed by atoms with E-state index in [2.05, 4.69) is 21.8 Å². The lowest BCUT2D eigenvalue weighted by Gasteiger charge is -2.23. The van der Waals surface area contributed by atoms with E-state index < -0.39 is 0 Å². The number of amides is 1. The van der Waals surface area contributed by atoms with Gasteiger partial charge in [-0.3, -0.25) is 4.79 Å². The summed E-state index contributed by atoms with van der Waals surface area (Å²) in [4.78, 5) is 25.5. The SMILES string of the molecule is CCc1ccccc1C(=O)N1CCCN(c2nccc(N)n2)CC1. The number of aryl methyl sites for hydroxylation is 1. The number of nitrogens with two attached hydrogens (primary N) is 1. The molecule has 0 radical (unpaired) electrons. The molecule has 0 bridgehead atoms. The Morgan fingerprint density at radius 2 is 2.00 bits per heavy atom. The van der Waals surface area contributed by atoms with Crippen LogP contribution in [0.1, 0.15) is 29.3 Å². The van der Waals surface area contributed by atoms with Crippen LogP contribution >= 0.6 is 0 Å². The van der Waals surface area contributed by atoms with E-state index in [4.69, 9.17) is 5.73 Å². The monoisotopic (exact) mass is 325 g/mol. The first kappa shape index (κ1) is 16.2. The maximum Gasteiger partial charge on any atom is 0.254 e. The zero-order valence-electron chi connectivity index (χ0n) is 14.0. The summed E-state index contributed by atoms with van der Waals surface area (Å²) in [7, 11) is 0. The average Bonchev–Trinajstić information content (AvgIpc) is 2.87. The van der Waals surface area contributed by atoms with Gasteiger partial charge in [-0.15, -0.1) is 0 Å². The largest absolute Gasteiger partial charge is 0.384 e. The lowest BCUT2D eigenvalue weighted by atomic mass is 10.0. The Hall–Kier alpha value is -2.63. The topological polar surface area (TPSA) is 75.4 Å². The van der Waals surface area contributed by atoms with E-state index in [1.54, 1.807) is 12.3 Å². The van der Waals surface area contributed by atoms with E-state index in [1.807, 2.05) is 29.2 Å². The maximum absolute atomic E-state index is 12.9. The molecule has 1 saturated heterocycles. The van der Waals surface area contributed by atoms with Crippen LogP contribution in [0.15, 0.2) is 36.5 Å². The van der Waals surface area contributed by atoms with Gasteiger partial charge < -0.3 is 15.5 Å². The summed E-state index contributed by atoms with van der Waals surface area (Å²) < 4.78 is 0. The number of anilines is 2. The lowest BCUT2D eigenvalue weighted by Crippen LogP contribution is -2.36. The van der Waals surface area contributed by atoms with Gasteiger partial charge in [-0.2, -0.15) is 4.98 Å². The molecule has 1 aliphatic heterocycles. The molecule has 2 N–H and O–H groups in total. The Morgan fingerprint density at radius 1 is 1.17 bits per heavy atom. The van der Waals surface area contributed by atoms with Gasteiger partial charge in [0.25, 0.3) is 5.91 Å². The number of rotatable bonds is 3. The van der Waals surface area contributed by atoms with Gasteiger partial charge >= 0.3 is 0 Å². The maximum atomic E-state index is 12.9. The summed E-state index contributed by atoms with van der Waals surface area (Å²) >= 11 is 0. The molecule has 1 aromatic carbocycles. The number of benzene rings is 1. The summed E-state index contributed by atoms with van der Waals surface area (Å²) in [5.74, 6) is 1.22. The minimum atomic E-state index is 0.114. The molecule has 2 aromatic rings. The highest BCUT2D eigenvalue weighted by Crippen LogP contribution is 2.16. The van der Waals surface area contributed by atoms with Crippen molar-refractivity contribution in [3.8, 4) is 0 Å². The summed E-state index contributed by atoms with van der Waals surface area (Å²) in [5, 5.41) is 0. The van der Waals surface area contributed by atoms with Gasteiger partial charge in [-0.25, -0.2) is 4.98 Å². The van der Waals surface area contributed by atoms with Crippen molar-refractivity contribution in [1.29, 1.82) is 0 Å². The summed E-state index contributed by atoms with van der Waals surface area (Å²) in [5.41, 5.74) is 7.66. The van der Waals surface area contributed by atoms with Crippen LogP contribution in [0.3, 0.4) is 0 Å². The third-order valence-corrected chi connectivity index (χ3v) is 4.36. The zero-order valence-corrected chi connectivity index (χ0v) is 14.0. The van der Waals surface area contributed by atoms with Gasteiger partial charge in [0.05, 0.1) is 0 Å². The first-order chi connectivity index (χ1) is 11.7. The molecule has 0 saturated carbocycles. The van der Waals surface area contributed by atoms with Gasteiger partial charge in [0.2, 0.25) is 5.95 Å². The molecule has 0 unspecified atom stereocenters. The quantitative estimate of drug-likeness (QED) is 0.934. The average molecular weight is 325 g/mol. The molecule has 0 atom stereocenters. The standard InChI is InChI=1S/C18H23N5O/c1-2-14-6-3-4-7-15(14)17(24)22-10-5-11-23(13-12-22)18-20-9-8-16(19)21-18/h3-4,6-9H,2,5,10-13H2,1H3,(H2,19,20,21). The van der Waals surface area contributed by atoms with E-state index in [0.717, 1.165) is 37.1 Å². The Labute approximate surface area is 142 Å². The van der Waals surface area contributed by atoms with Crippen LogP contribution in [0.2, 0.25) is 0 Å². The summed E-state index contributed by atoms with van der Waals surface area (Å²) in [6, 6.07) is 9.54. The molecule has 1 fully saturated rings. The van der Waals surface area contributed by atoms with Gasteiger partial charge in [0.1, 0.15) is 5.82 Å². The Bertz CT molecular complexity index is 718. The van der Waals surface area contributed by atoms with Crippen LogP contribution in [-0.2, 0) is 6.42 Å². The van der Waals surface area contributed by atoms with Crippen molar-refractivity contribution >= 4 is 17.7 Å². The fraction of sp³-hybridized carbons (Fsp3) is 0.389. The molecule has 1 amide bonds. The predicted octanol–water partition coefficient (Wildman–Crippen LogP) is 1.97. The molecule has 0 spiro atoms. The third kappa shape index (κ3) is 3.48. The van der Waals surface area contributed by atoms with Crippen molar-refractivity contribution in [3.63, 3.8) is 0 Å². The number of nitrogen functional groups attached to an aromatic ring is 1. The van der Waals surface area contributed by atoms with Crippen molar-refractivity contribution in [3.05, 3.63) is 47.7 Å². The van der Waals surface area contributed by atoms with Crippen molar-refractivity contribution in [2.24, 2.45) is 0 Å². The highest BCUT2D eigenvalue weighted by molar-refractivity contribution is 5.95. The molecular formula is C18H23N5O. The molecule has 1 aliphatic rings. The number of nitrogens with zero attached hydrogens (tertiary/aromatic N) is 4. The molecule has 1 aromatic heterocycles. The minimum absolute atomic E-state index is 0.114. The van der Waals surface area contributed by atoms with Crippen molar-refractivity contribution in [2.75, 3.05) is 36.8 Å². The van der Waals surface area contributed by atoms with Crippen LogP contribution < -0.4 is 10.6 Å². The van der Waals surface area contributed by atoms with Crippen LogP contribution in [0.25, 0.3) is 0 Å². The summed E-state index contributed by atoms with van der Waals surface area (Å²) in [6.45, 7) is 5.02. The number of carbonyl (C=O) groups is 1. The molecule has 2 heterocycles. The molecule has 6 heteroatoms. The van der Waals surface area contributed by atoms with E-state index in [9.17, 15) is 4.79 Å². The van der Waals surface area contributed by atoms with Crippen LogP contribution in [0.4, 0.5) is 11.8 Å². The smallest absolute Gasteiger partial charge is 0.254 e. The highest BCUT2D eigenvalue weighted by Gasteiger charge is 2.22. The second-order valence-electron chi connectivity index (χ2n) is 5.93. The number of carbonyl (C=O) groups excluding carboxylic acids is 1. The van der Waals surface area contributed by atoms with Crippen LogP contribution in [0, 0.1) is 0 Å². The Balaban J connectivity index is 1.72. The van der Waals surface area contributed by atoms with E-state index in [1.165, 1.54) is 0 Å². The van der Waals surface area contributed by atoms with Gasteiger partial charge in [0.15, 0.2) is 0 Å². The van der Waals surface area contributed by atoms with Gasteiger partial charge in [-0.05, 0) is 30.5 Å². The molecule has 6 nitrogen and oxygen atoms in total. The van der Waals surface area contributed by atoms with Gasteiger partial charge in [-0.1, -0.05) is 25.1 Å². The number of aromatic nitrogens is 2. The number of hydrogen-bond donors (Lipinski definition) is 1. The summed E-state index contributed by atoms with van der Waals surface area (Å²) in [6.07, 6.45) is 3.42. The Kier molecular flexibility index (Phi) is 4.93. The van der Waals surface area contributed by atoms with Crippen LogP contribution in [0.5, 0.6) is 0 Å². The van der Waals surface area contributed by atoms with Crippen molar-refractivity contribution < 1.29 is 4.79 Å². The second kappa shape index (κ2) is 7.29. The fourth-order valence-corrected chi connectivity index (χ4v) is 3.04. The lowest BCUT2D eigenvalue weighted by molar-refractivity contribution is 0.0766. The van der Waals surface area contributed by atoms with E-state index >= 15 is 0 Å². The first-order valence-electron chi connectivity index (χ1n) is 8.39. The predicted molar refractivity (Wildman–Crippen MR) is 95.0 cm³/mol. The van der Waals surface area contributed by atoms with E-state index in [-0.39, 0.29) is 5.91 Å². The third-order valence-electron chi connectivity index (χ3n) is 4.36. The minimum Gasteiger partial charge on any atom is -0.384 e. The molecule has 0 aliphatic carbocycles. The second-order valence-corrected chi connectivity index (χ2v) is 5.93. The first-order valence-corrected chi connectivity index (χ1v) is 8.39. The van der Waals surface area contributed by atoms with Crippen molar-refractivity contribution in [2.45, 2.75) is 19.8 Å². The zero-order chi connectivity index (χ0) is 16.9. The normalized spacial score (nSPS) is 15.2. The molecule has 3 rings (SSSR count).